The Balaban J connectivity index is 2.90. The number of hydrogen-bond donors (Lipinski definition) is 4. The maximum atomic E-state index is 9.04. The summed E-state index contributed by atoms with van der Waals surface area (Å²) in [5.41, 5.74) is 13.8. The highest BCUT2D eigenvalue weighted by Gasteiger charge is 2.11. The summed E-state index contributed by atoms with van der Waals surface area (Å²) in [5.74, 6) is -0.167. The first-order valence-corrected chi connectivity index (χ1v) is 5.33. The quantitative estimate of drug-likeness (QED) is 0.504. The summed E-state index contributed by atoms with van der Waals surface area (Å²) in [5, 5.41) is 18.1. The zero-order valence-corrected chi connectivity index (χ0v) is 9.26. The fourth-order valence-electron chi connectivity index (χ4n) is 1.56. The number of aromatic nitrogens is 1. The Bertz CT molecular complexity index is 327. The van der Waals surface area contributed by atoms with Gasteiger partial charge in [-0.05, 0) is 17.5 Å². The summed E-state index contributed by atoms with van der Waals surface area (Å²) < 4.78 is 0. The summed E-state index contributed by atoms with van der Waals surface area (Å²) in [4.78, 5) is 4.22. The van der Waals surface area contributed by atoms with E-state index in [1.165, 1.54) is 0 Å². The Hall–Kier alpha value is -1.01. The largest absolute Gasteiger partial charge is 0.396 e. The third-order valence-electron chi connectivity index (χ3n) is 2.57. The lowest BCUT2D eigenvalue weighted by atomic mass is 9.98. The van der Waals surface area contributed by atoms with Gasteiger partial charge in [0, 0.05) is 38.4 Å². The van der Waals surface area contributed by atoms with Gasteiger partial charge in [0.1, 0.15) is 0 Å². The van der Waals surface area contributed by atoms with Gasteiger partial charge in [-0.2, -0.15) is 0 Å². The fraction of sp³-hybridized carbons (Fsp3) is 0.545. The molecule has 90 valence electrons. The van der Waals surface area contributed by atoms with Gasteiger partial charge in [0.2, 0.25) is 0 Å². The average molecular weight is 225 g/mol. The molecule has 5 nitrogen and oxygen atoms in total. The minimum Gasteiger partial charge on any atom is -0.396 e. The molecule has 0 radical (unpaired) electrons. The summed E-state index contributed by atoms with van der Waals surface area (Å²) in [7, 11) is 0. The van der Waals surface area contributed by atoms with Crippen LogP contribution in [0.1, 0.15) is 16.8 Å². The normalized spacial score (nSPS) is 11.1. The van der Waals surface area contributed by atoms with Crippen LogP contribution in [0.15, 0.2) is 12.3 Å². The maximum Gasteiger partial charge on any atom is 0.0571 e. The van der Waals surface area contributed by atoms with Crippen molar-refractivity contribution in [3.8, 4) is 0 Å². The van der Waals surface area contributed by atoms with E-state index >= 15 is 0 Å². The molecule has 6 N–H and O–H groups in total. The highest BCUT2D eigenvalue weighted by molar-refractivity contribution is 5.26. The van der Waals surface area contributed by atoms with Gasteiger partial charge >= 0.3 is 0 Å². The molecule has 0 aromatic carbocycles. The van der Waals surface area contributed by atoms with Crippen molar-refractivity contribution in [2.75, 3.05) is 13.2 Å². The average Bonchev–Trinajstić information content (AvgIpc) is 2.35. The lowest BCUT2D eigenvalue weighted by molar-refractivity contribution is 0.150. The summed E-state index contributed by atoms with van der Waals surface area (Å²) in [6, 6.07) is 1.94. The fourth-order valence-corrected chi connectivity index (χ4v) is 1.56. The second kappa shape index (κ2) is 6.55. The molecule has 0 saturated heterocycles. The van der Waals surface area contributed by atoms with Crippen LogP contribution in [0.3, 0.4) is 0 Å². The van der Waals surface area contributed by atoms with Gasteiger partial charge in [-0.15, -0.1) is 0 Å². The van der Waals surface area contributed by atoms with Crippen LogP contribution in [-0.2, 0) is 19.5 Å². The third-order valence-corrected chi connectivity index (χ3v) is 2.57. The van der Waals surface area contributed by atoms with E-state index in [-0.39, 0.29) is 19.1 Å². The molecule has 0 amide bonds. The maximum absolute atomic E-state index is 9.04. The molecular weight excluding hydrogens is 206 g/mol. The van der Waals surface area contributed by atoms with Gasteiger partial charge < -0.3 is 21.7 Å². The van der Waals surface area contributed by atoms with Gasteiger partial charge in [-0.25, -0.2) is 0 Å². The van der Waals surface area contributed by atoms with E-state index < -0.39 is 0 Å². The van der Waals surface area contributed by atoms with Crippen molar-refractivity contribution < 1.29 is 10.2 Å². The van der Waals surface area contributed by atoms with Crippen LogP contribution >= 0.6 is 0 Å². The first-order valence-electron chi connectivity index (χ1n) is 5.33. The number of aliphatic hydroxyl groups is 2. The molecule has 0 bridgehead atoms. The SMILES string of the molecule is NCc1cnc(CN)c(CC(CO)CO)c1. The number of pyridine rings is 1. The van der Waals surface area contributed by atoms with Crippen LogP contribution in [0.25, 0.3) is 0 Å². The molecule has 5 heteroatoms. The highest BCUT2D eigenvalue weighted by atomic mass is 16.3. The van der Waals surface area contributed by atoms with Gasteiger partial charge in [0.25, 0.3) is 0 Å². The molecule has 1 aromatic heterocycles. The third kappa shape index (κ3) is 3.24. The molecule has 0 saturated carbocycles. The summed E-state index contributed by atoms with van der Waals surface area (Å²) >= 11 is 0. The number of nitrogens with two attached hydrogens (primary N) is 2. The van der Waals surface area contributed by atoms with Gasteiger partial charge in [0.05, 0.1) is 5.69 Å². The Kier molecular flexibility index (Phi) is 5.34. The smallest absolute Gasteiger partial charge is 0.0571 e. The molecule has 0 aliphatic carbocycles. The first kappa shape index (κ1) is 13.1. The predicted molar refractivity (Wildman–Crippen MR) is 61.4 cm³/mol. The minimum absolute atomic E-state index is 0.0482. The van der Waals surface area contributed by atoms with Gasteiger partial charge in [-0.1, -0.05) is 6.07 Å². The zero-order chi connectivity index (χ0) is 12.0. The van der Waals surface area contributed by atoms with Crippen LogP contribution < -0.4 is 11.5 Å². The molecule has 0 fully saturated rings. The molecule has 16 heavy (non-hydrogen) atoms. The van der Waals surface area contributed by atoms with E-state index in [0.717, 1.165) is 16.8 Å². The number of hydrogen-bond acceptors (Lipinski definition) is 5. The molecule has 0 aliphatic rings. The van der Waals surface area contributed by atoms with E-state index in [4.69, 9.17) is 21.7 Å². The molecule has 1 heterocycles. The molecule has 0 atom stereocenters. The van der Waals surface area contributed by atoms with E-state index in [9.17, 15) is 0 Å². The van der Waals surface area contributed by atoms with Crippen LogP contribution in [0.5, 0.6) is 0 Å². The van der Waals surface area contributed by atoms with E-state index in [2.05, 4.69) is 4.98 Å². The van der Waals surface area contributed by atoms with Crippen molar-refractivity contribution in [3.63, 3.8) is 0 Å². The van der Waals surface area contributed by atoms with Crippen LogP contribution in [0, 0.1) is 5.92 Å². The lowest BCUT2D eigenvalue weighted by Gasteiger charge is -2.14. The predicted octanol–water partition coefficient (Wildman–Crippen LogP) is -0.858. The second-order valence-electron chi connectivity index (χ2n) is 3.79. The zero-order valence-electron chi connectivity index (χ0n) is 9.26. The van der Waals surface area contributed by atoms with Crippen molar-refractivity contribution in [1.29, 1.82) is 0 Å². The number of rotatable bonds is 6. The molecule has 0 spiro atoms. The number of aliphatic hydroxyl groups excluding tert-OH is 2. The molecule has 1 aromatic rings. The van der Waals surface area contributed by atoms with E-state index in [1.807, 2.05) is 6.07 Å². The van der Waals surface area contributed by atoms with E-state index in [1.54, 1.807) is 6.20 Å². The monoisotopic (exact) mass is 225 g/mol. The summed E-state index contributed by atoms with van der Waals surface area (Å²) in [6.07, 6.45) is 2.28. The Morgan fingerprint density at radius 3 is 2.38 bits per heavy atom. The topological polar surface area (TPSA) is 105 Å². The Morgan fingerprint density at radius 2 is 1.88 bits per heavy atom. The second-order valence-corrected chi connectivity index (χ2v) is 3.79. The lowest BCUT2D eigenvalue weighted by Crippen LogP contribution is -2.17. The minimum atomic E-state index is -0.167. The van der Waals surface area contributed by atoms with Crippen LogP contribution in [0.2, 0.25) is 0 Å². The Labute approximate surface area is 95.1 Å². The highest BCUT2D eigenvalue weighted by Crippen LogP contribution is 2.13. The van der Waals surface area contributed by atoms with Crippen molar-refractivity contribution >= 4 is 0 Å². The van der Waals surface area contributed by atoms with Crippen LogP contribution in [0.4, 0.5) is 0 Å². The summed E-state index contributed by atoms with van der Waals surface area (Å²) in [6.45, 7) is 0.679. The first-order chi connectivity index (χ1) is 7.74. The van der Waals surface area contributed by atoms with Crippen molar-refractivity contribution in [2.45, 2.75) is 19.5 Å². The molecule has 0 aliphatic heterocycles. The van der Waals surface area contributed by atoms with E-state index in [0.29, 0.717) is 19.5 Å². The van der Waals surface area contributed by atoms with Crippen molar-refractivity contribution in [1.82, 2.24) is 4.98 Å². The molecule has 0 unspecified atom stereocenters. The number of nitrogens with zero attached hydrogens (tertiary/aromatic N) is 1. The van der Waals surface area contributed by atoms with Gasteiger partial charge in [-0.3, -0.25) is 4.98 Å². The van der Waals surface area contributed by atoms with Crippen LogP contribution in [-0.4, -0.2) is 28.4 Å². The van der Waals surface area contributed by atoms with Gasteiger partial charge in [0.15, 0.2) is 0 Å². The standard InChI is InChI=1S/C11H19N3O2/c12-3-8-1-10(2-9(6-15)7-16)11(4-13)14-5-8/h1,5,9,15-16H,2-4,6-7,12-13H2. The Morgan fingerprint density at radius 1 is 1.19 bits per heavy atom. The molecular formula is C11H19N3O2. The molecule has 1 rings (SSSR count). The van der Waals surface area contributed by atoms with Crippen molar-refractivity contribution in [3.05, 3.63) is 29.1 Å². The van der Waals surface area contributed by atoms with Crippen molar-refractivity contribution in [2.24, 2.45) is 17.4 Å².